The predicted molar refractivity (Wildman–Crippen MR) is 104 cm³/mol. The van der Waals surface area contributed by atoms with E-state index in [1.165, 1.54) is 17.7 Å². The van der Waals surface area contributed by atoms with Gasteiger partial charge in [0.15, 0.2) is 11.6 Å². The zero-order valence-corrected chi connectivity index (χ0v) is 14.5. The van der Waals surface area contributed by atoms with Gasteiger partial charge in [-0.1, -0.05) is 55.1 Å². The molecule has 0 amide bonds. The Labute approximate surface area is 152 Å². The fourth-order valence-corrected chi connectivity index (χ4v) is 2.87. The van der Waals surface area contributed by atoms with E-state index in [2.05, 4.69) is 13.2 Å². The molecular formula is C23H20F2O. The van der Waals surface area contributed by atoms with Crippen LogP contribution in [0.4, 0.5) is 8.78 Å². The van der Waals surface area contributed by atoms with Crippen LogP contribution in [0.3, 0.4) is 0 Å². The Hall–Kier alpha value is -2.94. The van der Waals surface area contributed by atoms with Gasteiger partial charge in [-0.2, -0.15) is 4.39 Å². The van der Waals surface area contributed by atoms with Crippen LogP contribution in [0.2, 0.25) is 0 Å². The monoisotopic (exact) mass is 350 g/mol. The summed E-state index contributed by atoms with van der Waals surface area (Å²) >= 11 is 0. The summed E-state index contributed by atoms with van der Waals surface area (Å²) < 4.78 is 33.9. The maximum absolute atomic E-state index is 14.5. The average Bonchev–Trinajstić information content (AvgIpc) is 2.68. The minimum absolute atomic E-state index is 0.103. The Bertz CT molecular complexity index is 943. The Morgan fingerprint density at radius 3 is 2.27 bits per heavy atom. The van der Waals surface area contributed by atoms with Crippen LogP contribution in [0.1, 0.15) is 12.0 Å². The second-order valence-electron chi connectivity index (χ2n) is 6.06. The van der Waals surface area contributed by atoms with E-state index in [1.807, 2.05) is 36.4 Å². The van der Waals surface area contributed by atoms with Gasteiger partial charge < -0.3 is 4.74 Å². The van der Waals surface area contributed by atoms with Crippen molar-refractivity contribution in [1.29, 1.82) is 0 Å². The summed E-state index contributed by atoms with van der Waals surface area (Å²) in [4.78, 5) is 0. The largest absolute Gasteiger partial charge is 0.486 e. The van der Waals surface area contributed by atoms with Crippen molar-refractivity contribution in [2.24, 2.45) is 0 Å². The highest BCUT2D eigenvalue weighted by atomic mass is 19.2. The van der Waals surface area contributed by atoms with Gasteiger partial charge in [0.05, 0.1) is 0 Å². The molecule has 3 rings (SSSR count). The molecule has 0 aliphatic carbocycles. The second kappa shape index (κ2) is 7.96. The highest BCUT2D eigenvalue weighted by molar-refractivity contribution is 5.89. The van der Waals surface area contributed by atoms with E-state index in [0.717, 1.165) is 24.0 Å². The van der Waals surface area contributed by atoms with E-state index in [1.54, 1.807) is 12.1 Å². The van der Waals surface area contributed by atoms with Crippen molar-refractivity contribution in [3.8, 4) is 16.9 Å². The van der Waals surface area contributed by atoms with Crippen molar-refractivity contribution in [2.75, 3.05) is 6.61 Å². The van der Waals surface area contributed by atoms with Crippen LogP contribution in [0, 0.1) is 11.6 Å². The van der Waals surface area contributed by atoms with Crippen molar-refractivity contribution in [1.82, 2.24) is 0 Å². The second-order valence-corrected chi connectivity index (χ2v) is 6.06. The van der Waals surface area contributed by atoms with Gasteiger partial charge in [-0.15, -0.1) is 6.58 Å². The zero-order valence-electron chi connectivity index (χ0n) is 14.5. The van der Waals surface area contributed by atoms with Crippen molar-refractivity contribution < 1.29 is 13.5 Å². The quantitative estimate of drug-likeness (QED) is 0.444. The molecule has 0 atom stereocenters. The van der Waals surface area contributed by atoms with E-state index >= 15 is 0 Å². The first-order chi connectivity index (χ1) is 12.6. The van der Waals surface area contributed by atoms with E-state index in [4.69, 9.17) is 4.74 Å². The summed E-state index contributed by atoms with van der Waals surface area (Å²) in [6.45, 7) is 7.36. The van der Waals surface area contributed by atoms with Crippen LogP contribution in [-0.2, 0) is 6.42 Å². The third-order valence-corrected chi connectivity index (χ3v) is 4.27. The molecule has 132 valence electrons. The smallest absolute Gasteiger partial charge is 0.201 e. The zero-order chi connectivity index (χ0) is 18.5. The molecule has 0 radical (unpaired) electrons. The summed E-state index contributed by atoms with van der Waals surface area (Å²) in [6.07, 6.45) is 5.25. The fraction of sp³-hybridized carbons (Fsp3) is 0.130. The molecule has 0 aliphatic rings. The predicted octanol–water partition coefficient (Wildman–Crippen LogP) is 6.47. The molecule has 0 saturated carbocycles. The number of hydrogen-bond acceptors (Lipinski definition) is 1. The normalized spacial score (nSPS) is 10.7. The van der Waals surface area contributed by atoms with E-state index in [0.29, 0.717) is 5.39 Å². The number of benzene rings is 3. The molecule has 0 saturated heterocycles. The summed E-state index contributed by atoms with van der Waals surface area (Å²) in [5, 5.41) is 0.830. The van der Waals surface area contributed by atoms with E-state index in [-0.39, 0.29) is 17.7 Å². The van der Waals surface area contributed by atoms with Crippen LogP contribution in [0.15, 0.2) is 73.8 Å². The summed E-state index contributed by atoms with van der Waals surface area (Å²) in [5.41, 5.74) is 3.02. The molecule has 3 heteroatoms. The lowest BCUT2D eigenvalue weighted by Gasteiger charge is -2.10. The maximum atomic E-state index is 14.5. The minimum atomic E-state index is -0.976. The highest BCUT2D eigenvalue weighted by Gasteiger charge is 2.15. The Morgan fingerprint density at radius 2 is 1.58 bits per heavy atom. The number of ether oxygens (including phenoxy) is 1. The van der Waals surface area contributed by atoms with Gasteiger partial charge in [-0.25, -0.2) is 4.39 Å². The van der Waals surface area contributed by atoms with Crippen molar-refractivity contribution in [3.05, 3.63) is 91.0 Å². The SMILES string of the molecule is C=CCCc1ccc(-c2ccc3cc(OCC=C)c(F)c(F)c3c2)cc1. The highest BCUT2D eigenvalue weighted by Crippen LogP contribution is 2.32. The number of allylic oxidation sites excluding steroid dienone is 1. The first-order valence-corrected chi connectivity index (χ1v) is 8.49. The van der Waals surface area contributed by atoms with Gasteiger partial charge in [-0.3, -0.25) is 0 Å². The molecule has 0 bridgehead atoms. The van der Waals surface area contributed by atoms with Gasteiger partial charge in [0.25, 0.3) is 0 Å². The Morgan fingerprint density at radius 1 is 0.846 bits per heavy atom. The fourth-order valence-electron chi connectivity index (χ4n) is 2.87. The van der Waals surface area contributed by atoms with Gasteiger partial charge in [-0.05, 0) is 47.1 Å². The third-order valence-electron chi connectivity index (χ3n) is 4.27. The first kappa shape index (κ1) is 17.9. The van der Waals surface area contributed by atoms with Crippen LogP contribution >= 0.6 is 0 Å². The molecule has 26 heavy (non-hydrogen) atoms. The van der Waals surface area contributed by atoms with Gasteiger partial charge in [0.2, 0.25) is 5.82 Å². The summed E-state index contributed by atoms with van der Waals surface area (Å²) in [7, 11) is 0. The molecular weight excluding hydrogens is 330 g/mol. The number of hydrogen-bond donors (Lipinski definition) is 0. The third kappa shape index (κ3) is 3.67. The molecule has 3 aromatic carbocycles. The molecule has 0 spiro atoms. The lowest BCUT2D eigenvalue weighted by Crippen LogP contribution is -1.98. The van der Waals surface area contributed by atoms with Crippen LogP contribution in [0.25, 0.3) is 21.9 Å². The lowest BCUT2D eigenvalue weighted by atomic mass is 9.99. The van der Waals surface area contributed by atoms with Gasteiger partial charge in [0.1, 0.15) is 6.61 Å². The van der Waals surface area contributed by atoms with Crippen LogP contribution < -0.4 is 4.74 Å². The van der Waals surface area contributed by atoms with Crippen molar-refractivity contribution in [2.45, 2.75) is 12.8 Å². The van der Waals surface area contributed by atoms with Crippen LogP contribution in [-0.4, -0.2) is 6.61 Å². The van der Waals surface area contributed by atoms with Crippen molar-refractivity contribution in [3.63, 3.8) is 0 Å². The van der Waals surface area contributed by atoms with Gasteiger partial charge in [0, 0.05) is 5.39 Å². The lowest BCUT2D eigenvalue weighted by molar-refractivity contribution is 0.334. The first-order valence-electron chi connectivity index (χ1n) is 8.49. The van der Waals surface area contributed by atoms with E-state index < -0.39 is 11.6 Å². The van der Waals surface area contributed by atoms with E-state index in [9.17, 15) is 8.78 Å². The molecule has 0 unspecified atom stereocenters. The minimum Gasteiger partial charge on any atom is -0.486 e. The van der Waals surface area contributed by atoms with Crippen LogP contribution in [0.5, 0.6) is 5.75 Å². The number of fused-ring (bicyclic) bond motifs is 1. The number of rotatable bonds is 7. The summed E-state index contributed by atoms with van der Waals surface area (Å²) in [5.74, 6) is -1.98. The van der Waals surface area contributed by atoms with Gasteiger partial charge >= 0.3 is 0 Å². The molecule has 0 fully saturated rings. The molecule has 0 aromatic heterocycles. The topological polar surface area (TPSA) is 9.23 Å². The molecule has 1 nitrogen and oxygen atoms in total. The average molecular weight is 350 g/mol. The number of aryl methyl sites for hydroxylation is 1. The molecule has 3 aromatic rings. The molecule has 0 aliphatic heterocycles. The summed E-state index contributed by atoms with van der Waals surface area (Å²) in [6, 6.07) is 14.9. The molecule has 0 heterocycles. The molecule has 0 N–H and O–H groups in total. The maximum Gasteiger partial charge on any atom is 0.201 e. The number of halogens is 2. The Kier molecular flexibility index (Phi) is 5.47. The Balaban J connectivity index is 1.97. The van der Waals surface area contributed by atoms with Crippen molar-refractivity contribution >= 4 is 10.8 Å². The standard InChI is InChI=1S/C23H20F2O/c1-3-5-6-16-7-9-17(10-8-16)18-11-12-19-15-21(26-13-4-2)23(25)22(24)20(19)14-18/h3-4,7-12,14-15H,1-2,5-6,13H2.